The third-order valence-electron chi connectivity index (χ3n) is 6.28. The van der Waals surface area contributed by atoms with E-state index in [-0.39, 0.29) is 18.3 Å². The first-order valence-corrected chi connectivity index (χ1v) is 11.0. The van der Waals surface area contributed by atoms with Gasteiger partial charge >= 0.3 is 5.97 Å². The van der Waals surface area contributed by atoms with Crippen LogP contribution in [0.1, 0.15) is 36.0 Å². The molecule has 3 aromatic carbocycles. The number of aryl methyl sites for hydroxylation is 1. The summed E-state index contributed by atoms with van der Waals surface area (Å²) < 4.78 is 19.6. The molecule has 1 saturated heterocycles. The number of carboxylic acid groups (broad SMARTS) is 1. The topological polar surface area (TPSA) is 49.8 Å². The van der Waals surface area contributed by atoms with Crippen molar-refractivity contribution in [2.45, 2.75) is 38.6 Å². The number of carbonyl (C=O) groups is 1. The van der Waals surface area contributed by atoms with Crippen molar-refractivity contribution in [1.82, 2.24) is 0 Å². The minimum Gasteiger partial charge on any atom is -0.497 e. The summed E-state index contributed by atoms with van der Waals surface area (Å²) in [7, 11) is 1.58. The van der Waals surface area contributed by atoms with Crippen molar-refractivity contribution in [3.05, 3.63) is 83.2 Å². The van der Waals surface area contributed by atoms with E-state index >= 15 is 0 Å². The lowest BCUT2D eigenvalue weighted by Gasteiger charge is -2.26. The van der Waals surface area contributed by atoms with Crippen LogP contribution >= 0.6 is 0 Å². The summed E-state index contributed by atoms with van der Waals surface area (Å²) >= 11 is 0. The molecule has 1 heterocycles. The van der Waals surface area contributed by atoms with Gasteiger partial charge in [0.2, 0.25) is 0 Å². The second-order valence-corrected chi connectivity index (χ2v) is 8.42. The highest BCUT2D eigenvalue weighted by atomic mass is 19.1. The summed E-state index contributed by atoms with van der Waals surface area (Å²) in [6.45, 7) is 2.95. The normalized spacial score (nSPS) is 15.7. The number of benzene rings is 3. The van der Waals surface area contributed by atoms with Crippen LogP contribution in [0.25, 0.3) is 11.1 Å². The fourth-order valence-corrected chi connectivity index (χ4v) is 4.53. The maximum atomic E-state index is 14.3. The van der Waals surface area contributed by atoms with Crippen molar-refractivity contribution in [2.75, 3.05) is 18.6 Å². The smallest absolute Gasteiger partial charge is 0.305 e. The summed E-state index contributed by atoms with van der Waals surface area (Å²) in [5, 5.41) is 9.15. The van der Waals surface area contributed by atoms with Gasteiger partial charge in [0.05, 0.1) is 13.5 Å². The SMILES string of the molecule is COc1ccc(F)c(-c2ccc(Cc3ccc(N4CCC[C@@H]4CC(=O)O)cc3)c(C)c2)c1. The number of ether oxygens (including phenoxy) is 1. The van der Waals surface area contributed by atoms with Crippen LogP contribution in [0.3, 0.4) is 0 Å². The van der Waals surface area contributed by atoms with Crippen LogP contribution in [0.2, 0.25) is 0 Å². The molecule has 0 aliphatic carbocycles. The third kappa shape index (κ3) is 4.77. The van der Waals surface area contributed by atoms with E-state index < -0.39 is 5.97 Å². The average Bonchev–Trinajstić information content (AvgIpc) is 3.23. The van der Waals surface area contributed by atoms with Gasteiger partial charge in [0, 0.05) is 23.8 Å². The third-order valence-corrected chi connectivity index (χ3v) is 6.28. The number of methoxy groups -OCH3 is 1. The Hall–Kier alpha value is -3.34. The Labute approximate surface area is 188 Å². The summed E-state index contributed by atoms with van der Waals surface area (Å²) in [5.41, 5.74) is 5.93. The van der Waals surface area contributed by atoms with Crippen molar-refractivity contribution >= 4 is 11.7 Å². The molecule has 1 atom stereocenters. The van der Waals surface area contributed by atoms with Crippen LogP contribution in [0.15, 0.2) is 60.7 Å². The standard InChI is InChI=1S/C27H28FNO3/c1-18-14-21(25-17-24(32-2)11-12-26(25)28)8-7-20(18)15-19-5-9-22(10-6-19)29-13-3-4-23(29)16-27(30)31/h5-12,14,17,23H,3-4,13,15-16H2,1-2H3,(H,30,31)/t23-/m1/s1. The van der Waals surface area contributed by atoms with Crippen molar-refractivity contribution in [2.24, 2.45) is 0 Å². The molecule has 0 spiro atoms. The fraction of sp³-hybridized carbons (Fsp3) is 0.296. The summed E-state index contributed by atoms with van der Waals surface area (Å²) in [5.74, 6) is -0.380. The lowest BCUT2D eigenvalue weighted by atomic mass is 9.95. The Kier molecular flexibility index (Phi) is 6.45. The Balaban J connectivity index is 1.49. The Morgan fingerprint density at radius 2 is 1.91 bits per heavy atom. The van der Waals surface area contributed by atoms with Gasteiger partial charge in [-0.05, 0) is 78.8 Å². The average molecular weight is 434 g/mol. The quantitative estimate of drug-likeness (QED) is 0.508. The highest BCUT2D eigenvalue weighted by Gasteiger charge is 2.26. The van der Waals surface area contributed by atoms with Gasteiger partial charge in [-0.15, -0.1) is 0 Å². The van der Waals surface area contributed by atoms with Gasteiger partial charge < -0.3 is 14.7 Å². The first-order chi connectivity index (χ1) is 15.4. The van der Waals surface area contributed by atoms with Crippen molar-refractivity contribution in [3.8, 4) is 16.9 Å². The zero-order valence-electron chi connectivity index (χ0n) is 18.5. The molecule has 0 saturated carbocycles. The van der Waals surface area contributed by atoms with Gasteiger partial charge in [0.15, 0.2) is 0 Å². The van der Waals surface area contributed by atoms with Gasteiger partial charge in [-0.25, -0.2) is 4.39 Å². The van der Waals surface area contributed by atoms with E-state index in [1.54, 1.807) is 19.2 Å². The number of hydrogen-bond acceptors (Lipinski definition) is 3. The Morgan fingerprint density at radius 3 is 2.59 bits per heavy atom. The molecule has 0 amide bonds. The van der Waals surface area contributed by atoms with Crippen LogP contribution in [0.5, 0.6) is 5.75 Å². The second-order valence-electron chi connectivity index (χ2n) is 8.42. The fourth-order valence-electron chi connectivity index (χ4n) is 4.53. The van der Waals surface area contributed by atoms with Crippen LogP contribution in [0.4, 0.5) is 10.1 Å². The summed E-state index contributed by atoms with van der Waals surface area (Å²) in [6.07, 6.45) is 2.92. The first-order valence-electron chi connectivity index (χ1n) is 11.0. The number of rotatable bonds is 7. The molecule has 1 N–H and O–H groups in total. The van der Waals surface area contributed by atoms with Crippen LogP contribution < -0.4 is 9.64 Å². The molecule has 1 fully saturated rings. The molecule has 0 bridgehead atoms. The molecule has 1 aliphatic rings. The number of anilines is 1. The summed E-state index contributed by atoms with van der Waals surface area (Å²) in [4.78, 5) is 13.3. The number of halogens is 1. The molecule has 32 heavy (non-hydrogen) atoms. The van der Waals surface area contributed by atoms with Crippen molar-refractivity contribution < 1.29 is 19.0 Å². The lowest BCUT2D eigenvalue weighted by Crippen LogP contribution is -2.31. The molecule has 4 nitrogen and oxygen atoms in total. The van der Waals surface area contributed by atoms with E-state index in [0.717, 1.165) is 42.6 Å². The van der Waals surface area contributed by atoms with E-state index in [2.05, 4.69) is 35.2 Å². The molecule has 0 unspecified atom stereocenters. The highest BCUT2D eigenvalue weighted by Crippen LogP contribution is 2.30. The van der Waals surface area contributed by atoms with Crippen LogP contribution in [-0.4, -0.2) is 30.8 Å². The van der Waals surface area contributed by atoms with E-state index in [1.165, 1.54) is 17.2 Å². The molecule has 4 rings (SSSR count). The predicted molar refractivity (Wildman–Crippen MR) is 125 cm³/mol. The molecule has 0 radical (unpaired) electrons. The van der Waals surface area contributed by atoms with E-state index in [0.29, 0.717) is 11.3 Å². The summed E-state index contributed by atoms with van der Waals surface area (Å²) in [6, 6.07) is 19.3. The zero-order valence-corrected chi connectivity index (χ0v) is 18.5. The van der Waals surface area contributed by atoms with Crippen molar-refractivity contribution in [1.29, 1.82) is 0 Å². The molecular formula is C27H28FNO3. The van der Waals surface area contributed by atoms with Gasteiger partial charge in [-0.3, -0.25) is 4.79 Å². The minimum absolute atomic E-state index is 0.0742. The maximum Gasteiger partial charge on any atom is 0.305 e. The number of aliphatic carboxylic acids is 1. The van der Waals surface area contributed by atoms with Gasteiger partial charge in [0.1, 0.15) is 11.6 Å². The minimum atomic E-state index is -0.744. The molecule has 5 heteroatoms. The van der Waals surface area contributed by atoms with E-state index in [9.17, 15) is 9.18 Å². The Bertz CT molecular complexity index is 1110. The number of nitrogens with zero attached hydrogens (tertiary/aromatic N) is 1. The Morgan fingerprint density at radius 1 is 1.12 bits per heavy atom. The number of carboxylic acids is 1. The van der Waals surface area contributed by atoms with Crippen molar-refractivity contribution in [3.63, 3.8) is 0 Å². The highest BCUT2D eigenvalue weighted by molar-refractivity contribution is 5.69. The van der Waals surface area contributed by atoms with Gasteiger partial charge in [-0.2, -0.15) is 0 Å². The van der Waals surface area contributed by atoms with Gasteiger partial charge in [0.25, 0.3) is 0 Å². The van der Waals surface area contributed by atoms with Crippen LogP contribution in [0, 0.1) is 12.7 Å². The molecule has 1 aliphatic heterocycles. The largest absolute Gasteiger partial charge is 0.497 e. The molecule has 3 aromatic rings. The lowest BCUT2D eigenvalue weighted by molar-refractivity contribution is -0.137. The monoisotopic (exact) mass is 433 g/mol. The second kappa shape index (κ2) is 9.43. The number of hydrogen-bond donors (Lipinski definition) is 1. The predicted octanol–water partition coefficient (Wildman–Crippen LogP) is 5.84. The van der Waals surface area contributed by atoms with Crippen LogP contribution in [-0.2, 0) is 11.2 Å². The van der Waals surface area contributed by atoms with E-state index in [1.807, 2.05) is 19.1 Å². The zero-order chi connectivity index (χ0) is 22.7. The molecular weight excluding hydrogens is 405 g/mol. The van der Waals surface area contributed by atoms with Gasteiger partial charge in [-0.1, -0.05) is 30.3 Å². The van der Waals surface area contributed by atoms with E-state index in [4.69, 9.17) is 9.84 Å². The molecule has 166 valence electrons. The molecule has 0 aromatic heterocycles. The first kappa shape index (κ1) is 21.9. The maximum absolute atomic E-state index is 14.3.